The first-order valence-electron chi connectivity index (χ1n) is 9.24. The number of carbonyl (C=O) groups is 3. The number of anilines is 1. The van der Waals surface area contributed by atoms with E-state index >= 15 is 0 Å². The molecule has 0 spiro atoms. The van der Waals surface area contributed by atoms with Crippen LogP contribution < -0.4 is 10.6 Å². The Labute approximate surface area is 155 Å². The van der Waals surface area contributed by atoms with Crippen LogP contribution in [0.2, 0.25) is 0 Å². The van der Waals surface area contributed by atoms with Gasteiger partial charge in [-0.2, -0.15) is 0 Å². The molecular formula is C20H29N3O3. The summed E-state index contributed by atoms with van der Waals surface area (Å²) >= 11 is 0. The van der Waals surface area contributed by atoms with Crippen molar-refractivity contribution in [2.75, 3.05) is 18.4 Å². The maximum Gasteiger partial charge on any atom is 0.254 e. The molecule has 1 saturated heterocycles. The highest BCUT2D eigenvalue weighted by Crippen LogP contribution is 2.22. The maximum atomic E-state index is 12.8. The Balaban J connectivity index is 2.05. The summed E-state index contributed by atoms with van der Waals surface area (Å²) in [6, 6.07) is 6.44. The summed E-state index contributed by atoms with van der Waals surface area (Å²) in [5.74, 6) is -0.302. The average Bonchev–Trinajstić information content (AvgIpc) is 3.08. The highest BCUT2D eigenvalue weighted by atomic mass is 16.2. The Morgan fingerprint density at radius 1 is 1.15 bits per heavy atom. The van der Waals surface area contributed by atoms with Crippen LogP contribution in [0.25, 0.3) is 0 Å². The van der Waals surface area contributed by atoms with Gasteiger partial charge in [-0.1, -0.05) is 27.7 Å². The van der Waals surface area contributed by atoms with Gasteiger partial charge in [0.05, 0.1) is 0 Å². The van der Waals surface area contributed by atoms with Gasteiger partial charge in [-0.15, -0.1) is 0 Å². The van der Waals surface area contributed by atoms with Gasteiger partial charge in [0.15, 0.2) is 0 Å². The van der Waals surface area contributed by atoms with Gasteiger partial charge >= 0.3 is 0 Å². The fourth-order valence-corrected chi connectivity index (χ4v) is 2.83. The van der Waals surface area contributed by atoms with Crippen LogP contribution >= 0.6 is 0 Å². The number of rotatable bonds is 5. The molecule has 1 atom stereocenters. The molecule has 6 nitrogen and oxygen atoms in total. The molecule has 0 unspecified atom stereocenters. The molecule has 0 radical (unpaired) electrons. The predicted molar refractivity (Wildman–Crippen MR) is 102 cm³/mol. The molecule has 1 fully saturated rings. The van der Waals surface area contributed by atoms with E-state index in [2.05, 4.69) is 10.6 Å². The molecule has 1 aliphatic heterocycles. The maximum absolute atomic E-state index is 12.8. The van der Waals surface area contributed by atoms with Gasteiger partial charge in [0.25, 0.3) is 5.91 Å². The van der Waals surface area contributed by atoms with E-state index in [9.17, 15) is 14.4 Å². The van der Waals surface area contributed by atoms with Gasteiger partial charge in [-0.05, 0) is 43.5 Å². The standard InChI is InChI=1S/C20H29N3O3/c1-5-12-21-17(24)16-7-6-13-23(16)18(25)14-8-10-15(11-9-14)22-19(26)20(2,3)4/h8-11,16H,5-7,12-13H2,1-4H3,(H,21,24)(H,22,26)/t16-/m1/s1. The first kappa shape index (κ1) is 19.9. The molecule has 0 aliphatic carbocycles. The Kier molecular flexibility index (Phi) is 6.40. The molecule has 3 amide bonds. The highest BCUT2D eigenvalue weighted by molar-refractivity contribution is 5.99. The fourth-order valence-electron chi connectivity index (χ4n) is 2.83. The third-order valence-corrected chi connectivity index (χ3v) is 4.44. The molecule has 0 aromatic heterocycles. The van der Waals surface area contributed by atoms with Gasteiger partial charge in [-0.25, -0.2) is 0 Å². The van der Waals surface area contributed by atoms with Crippen LogP contribution in [0.1, 0.15) is 57.3 Å². The van der Waals surface area contributed by atoms with E-state index < -0.39 is 11.5 Å². The van der Waals surface area contributed by atoms with Crippen molar-refractivity contribution < 1.29 is 14.4 Å². The Morgan fingerprint density at radius 3 is 2.38 bits per heavy atom. The summed E-state index contributed by atoms with van der Waals surface area (Å²) in [5.41, 5.74) is 0.692. The lowest BCUT2D eigenvalue weighted by Crippen LogP contribution is -2.46. The number of hydrogen-bond acceptors (Lipinski definition) is 3. The van der Waals surface area contributed by atoms with E-state index in [0.717, 1.165) is 12.8 Å². The number of nitrogens with one attached hydrogen (secondary N) is 2. The minimum Gasteiger partial charge on any atom is -0.354 e. The lowest BCUT2D eigenvalue weighted by atomic mass is 9.95. The van der Waals surface area contributed by atoms with Crippen molar-refractivity contribution >= 4 is 23.4 Å². The molecule has 26 heavy (non-hydrogen) atoms. The normalized spacial score (nSPS) is 17.1. The topological polar surface area (TPSA) is 78.5 Å². The van der Waals surface area contributed by atoms with Gasteiger partial charge in [0, 0.05) is 29.8 Å². The first-order valence-corrected chi connectivity index (χ1v) is 9.24. The third kappa shape index (κ3) is 4.84. The highest BCUT2D eigenvalue weighted by Gasteiger charge is 2.34. The molecular weight excluding hydrogens is 330 g/mol. The minimum atomic E-state index is -0.483. The second-order valence-electron chi connectivity index (χ2n) is 7.73. The van der Waals surface area contributed by atoms with Crippen LogP contribution in [-0.2, 0) is 9.59 Å². The van der Waals surface area contributed by atoms with E-state index in [1.807, 2.05) is 27.7 Å². The predicted octanol–water partition coefficient (Wildman–Crippen LogP) is 2.80. The van der Waals surface area contributed by atoms with Gasteiger partial charge in [0.2, 0.25) is 11.8 Å². The van der Waals surface area contributed by atoms with Crippen LogP contribution in [0, 0.1) is 5.41 Å². The van der Waals surface area contributed by atoms with Crippen LogP contribution in [0.5, 0.6) is 0 Å². The second-order valence-corrected chi connectivity index (χ2v) is 7.73. The van der Waals surface area contributed by atoms with Gasteiger partial charge < -0.3 is 15.5 Å². The molecule has 2 N–H and O–H groups in total. The van der Waals surface area contributed by atoms with Crippen LogP contribution in [0.15, 0.2) is 24.3 Å². The summed E-state index contributed by atoms with van der Waals surface area (Å²) in [6.45, 7) is 8.74. The van der Waals surface area contributed by atoms with E-state index in [1.54, 1.807) is 29.2 Å². The minimum absolute atomic E-state index is 0.0771. The molecule has 2 rings (SSSR count). The molecule has 142 valence electrons. The third-order valence-electron chi connectivity index (χ3n) is 4.44. The molecule has 1 aromatic carbocycles. The van der Waals surface area contributed by atoms with E-state index in [-0.39, 0.29) is 17.7 Å². The van der Waals surface area contributed by atoms with E-state index in [1.165, 1.54) is 0 Å². The quantitative estimate of drug-likeness (QED) is 0.848. The lowest BCUT2D eigenvalue weighted by Gasteiger charge is -2.24. The zero-order chi connectivity index (χ0) is 19.3. The van der Waals surface area contributed by atoms with Crippen LogP contribution in [0.3, 0.4) is 0 Å². The number of nitrogens with zero attached hydrogens (tertiary/aromatic N) is 1. The van der Waals surface area contributed by atoms with Crippen molar-refractivity contribution in [2.45, 2.75) is 53.0 Å². The number of amides is 3. The molecule has 1 aromatic rings. The van der Waals surface area contributed by atoms with Gasteiger partial charge in [-0.3, -0.25) is 14.4 Å². The molecule has 0 bridgehead atoms. The lowest BCUT2D eigenvalue weighted by molar-refractivity contribution is -0.125. The number of carbonyl (C=O) groups excluding carboxylic acids is 3. The van der Waals surface area contributed by atoms with Crippen LogP contribution in [-0.4, -0.2) is 41.8 Å². The van der Waals surface area contributed by atoms with Crippen molar-refractivity contribution in [3.05, 3.63) is 29.8 Å². The first-order chi connectivity index (χ1) is 12.2. The molecule has 1 heterocycles. The van der Waals surface area contributed by atoms with Crippen molar-refractivity contribution in [3.8, 4) is 0 Å². The van der Waals surface area contributed by atoms with E-state index in [0.29, 0.717) is 30.8 Å². The van der Waals surface area contributed by atoms with E-state index in [4.69, 9.17) is 0 Å². The van der Waals surface area contributed by atoms with Gasteiger partial charge in [0.1, 0.15) is 6.04 Å². The molecule has 6 heteroatoms. The van der Waals surface area contributed by atoms with Crippen molar-refractivity contribution in [1.82, 2.24) is 10.2 Å². The Hall–Kier alpha value is -2.37. The number of benzene rings is 1. The SMILES string of the molecule is CCCNC(=O)[C@H]1CCCN1C(=O)c1ccc(NC(=O)C(C)(C)C)cc1. The zero-order valence-corrected chi connectivity index (χ0v) is 16.1. The zero-order valence-electron chi connectivity index (χ0n) is 16.1. The fraction of sp³-hybridized carbons (Fsp3) is 0.550. The second kappa shape index (κ2) is 8.34. The Bertz CT molecular complexity index is 662. The monoisotopic (exact) mass is 359 g/mol. The largest absolute Gasteiger partial charge is 0.354 e. The summed E-state index contributed by atoms with van der Waals surface area (Å²) in [7, 11) is 0. The smallest absolute Gasteiger partial charge is 0.254 e. The summed E-state index contributed by atoms with van der Waals surface area (Å²) in [5, 5.41) is 5.71. The van der Waals surface area contributed by atoms with Crippen molar-refractivity contribution in [1.29, 1.82) is 0 Å². The summed E-state index contributed by atoms with van der Waals surface area (Å²) < 4.78 is 0. The molecule has 0 saturated carbocycles. The Morgan fingerprint density at radius 2 is 1.81 bits per heavy atom. The molecule has 1 aliphatic rings. The van der Waals surface area contributed by atoms with Crippen LogP contribution in [0.4, 0.5) is 5.69 Å². The summed E-state index contributed by atoms with van der Waals surface area (Å²) in [4.78, 5) is 38.7. The number of hydrogen-bond donors (Lipinski definition) is 2. The number of likely N-dealkylation sites (tertiary alicyclic amines) is 1. The van der Waals surface area contributed by atoms with Crippen molar-refractivity contribution in [2.24, 2.45) is 5.41 Å². The average molecular weight is 359 g/mol. The van der Waals surface area contributed by atoms with Crippen molar-refractivity contribution in [3.63, 3.8) is 0 Å². The summed E-state index contributed by atoms with van der Waals surface area (Å²) in [6.07, 6.45) is 2.39.